The molecule has 0 bridgehead atoms. The van der Waals surface area contributed by atoms with Crippen LogP contribution in [0.3, 0.4) is 0 Å². The first-order valence-corrected chi connectivity index (χ1v) is 18.3. The lowest BCUT2D eigenvalue weighted by atomic mass is 9.93. The Morgan fingerprint density at radius 1 is 0.920 bits per heavy atom. The highest BCUT2D eigenvalue weighted by Crippen LogP contribution is 2.30. The van der Waals surface area contributed by atoms with Crippen molar-refractivity contribution >= 4 is 50.5 Å². The minimum atomic E-state index is -4.01. The van der Waals surface area contributed by atoms with Gasteiger partial charge in [0.25, 0.3) is 5.69 Å². The fourth-order valence-corrected chi connectivity index (χ4v) is 7.85. The zero-order valence-corrected chi connectivity index (χ0v) is 28.7. The third kappa shape index (κ3) is 8.24. The first-order valence-electron chi connectivity index (χ1n) is 16.3. The molecule has 1 fully saturated rings. The summed E-state index contributed by atoms with van der Waals surface area (Å²) in [5, 5.41) is 18.4. The van der Waals surface area contributed by atoms with Crippen molar-refractivity contribution in [1.82, 2.24) is 15.5 Å². The zero-order chi connectivity index (χ0) is 35.3. The molecule has 1 saturated heterocycles. The molecule has 12 nitrogen and oxygen atoms in total. The zero-order valence-electron chi connectivity index (χ0n) is 27.1. The number of hydrogen-bond donors (Lipinski definition) is 3. The lowest BCUT2D eigenvalue weighted by Gasteiger charge is -2.38. The number of nitro groups is 1. The van der Waals surface area contributed by atoms with Crippen LogP contribution in [0.25, 0.3) is 0 Å². The molecule has 2 aliphatic rings. The normalized spacial score (nSPS) is 16.6. The van der Waals surface area contributed by atoms with Crippen molar-refractivity contribution in [2.24, 2.45) is 0 Å². The number of sulfonamides is 1. The summed E-state index contributed by atoms with van der Waals surface area (Å²) in [6.07, 6.45) is 1.10. The van der Waals surface area contributed by atoms with Gasteiger partial charge in [0.15, 0.2) is 0 Å². The van der Waals surface area contributed by atoms with Gasteiger partial charge in [0.2, 0.25) is 21.8 Å². The second-order valence-corrected chi connectivity index (χ2v) is 14.5. The molecule has 2 heterocycles. The van der Waals surface area contributed by atoms with Crippen LogP contribution < -0.4 is 20.3 Å². The van der Waals surface area contributed by atoms with Crippen LogP contribution in [0.5, 0.6) is 0 Å². The molecule has 0 spiro atoms. The maximum absolute atomic E-state index is 14.1. The first-order chi connectivity index (χ1) is 24.1. The Morgan fingerprint density at radius 3 is 2.36 bits per heavy atom. The molecule has 3 N–H and O–H groups in total. The van der Waals surface area contributed by atoms with Gasteiger partial charge in [-0.15, -0.1) is 0 Å². The number of piperazine rings is 1. The van der Waals surface area contributed by atoms with Crippen molar-refractivity contribution in [2.45, 2.75) is 30.7 Å². The van der Waals surface area contributed by atoms with Crippen molar-refractivity contribution in [3.63, 3.8) is 0 Å². The largest absolute Gasteiger partial charge is 0.366 e. The standard InChI is InChI=1S/C36H37ClN6O6S/c37-28-15-13-25(14-16-28)23-31(39-35(44)34-29-9-3-1-7-26(29)17-18-38-34)36(45)42-21-19-41(20-22-42)33-12-6-4-10-30(33)40-50(48,49)24-27-8-2-5-11-32(27)43(46)47/h1-16,31,34,38,40H,17-24H2,(H,39,44)/t31-,34?/m1/s1. The van der Waals surface area contributed by atoms with E-state index in [-0.39, 0.29) is 29.5 Å². The first kappa shape index (κ1) is 34.9. The minimum absolute atomic E-state index is 0.0818. The quantitative estimate of drug-likeness (QED) is 0.152. The Labute approximate surface area is 295 Å². The van der Waals surface area contributed by atoms with E-state index in [2.05, 4.69) is 15.4 Å². The SMILES string of the molecule is O=C(N[C@H](Cc1ccc(Cl)cc1)C(=O)N1CCN(c2ccccc2NS(=O)(=O)Cc2ccccc2[N+](=O)[O-])CC1)C1NCCc2ccccc21. The molecule has 0 aromatic heterocycles. The van der Waals surface area contributed by atoms with E-state index in [1.54, 1.807) is 47.4 Å². The van der Waals surface area contributed by atoms with Crippen molar-refractivity contribution in [1.29, 1.82) is 0 Å². The van der Waals surface area contributed by atoms with Gasteiger partial charge in [-0.05, 0) is 47.4 Å². The summed E-state index contributed by atoms with van der Waals surface area (Å²) in [6, 6.07) is 26.3. The van der Waals surface area contributed by atoms with Crippen molar-refractivity contribution < 1.29 is 22.9 Å². The van der Waals surface area contributed by atoms with Gasteiger partial charge in [-0.3, -0.25) is 24.4 Å². The summed E-state index contributed by atoms with van der Waals surface area (Å²) in [7, 11) is -4.01. The van der Waals surface area contributed by atoms with E-state index >= 15 is 0 Å². The number of fused-ring (bicyclic) bond motifs is 1. The molecule has 14 heteroatoms. The lowest BCUT2D eigenvalue weighted by molar-refractivity contribution is -0.385. The van der Waals surface area contributed by atoms with Crippen molar-refractivity contribution in [3.05, 3.63) is 134 Å². The Morgan fingerprint density at radius 2 is 1.60 bits per heavy atom. The molecule has 4 aromatic rings. The van der Waals surface area contributed by atoms with Gasteiger partial charge in [0.1, 0.15) is 17.8 Å². The number of nitrogens with one attached hydrogen (secondary N) is 3. The van der Waals surface area contributed by atoms with E-state index in [0.717, 1.165) is 23.1 Å². The van der Waals surface area contributed by atoms with Crippen LogP contribution in [-0.2, 0) is 38.2 Å². The number of carbonyl (C=O) groups excluding carboxylic acids is 2. The highest BCUT2D eigenvalue weighted by atomic mass is 35.5. The molecule has 1 unspecified atom stereocenters. The number of halogens is 1. The van der Waals surface area contributed by atoms with E-state index in [9.17, 15) is 28.1 Å². The monoisotopic (exact) mass is 716 g/mol. The maximum atomic E-state index is 14.1. The summed E-state index contributed by atoms with van der Waals surface area (Å²) < 4.78 is 29.0. The van der Waals surface area contributed by atoms with Gasteiger partial charge in [0.05, 0.1) is 16.3 Å². The molecule has 0 aliphatic carbocycles. The van der Waals surface area contributed by atoms with Crippen LogP contribution in [0.1, 0.15) is 28.3 Å². The number of nitro benzene ring substituents is 1. The number of hydrogen-bond acceptors (Lipinski definition) is 8. The Bertz CT molecular complexity index is 1990. The average molecular weight is 717 g/mol. The van der Waals surface area contributed by atoms with Crippen molar-refractivity contribution in [2.75, 3.05) is 42.3 Å². The van der Waals surface area contributed by atoms with Gasteiger partial charge in [-0.1, -0.05) is 78.3 Å². The molecule has 0 radical (unpaired) electrons. The van der Waals surface area contributed by atoms with E-state index in [1.165, 1.54) is 18.2 Å². The molecule has 4 aromatic carbocycles. The highest BCUT2D eigenvalue weighted by Gasteiger charge is 2.33. The topological polar surface area (TPSA) is 154 Å². The van der Waals surface area contributed by atoms with E-state index in [1.807, 2.05) is 41.3 Å². The van der Waals surface area contributed by atoms with Gasteiger partial charge >= 0.3 is 0 Å². The van der Waals surface area contributed by atoms with Crippen LogP contribution in [0.15, 0.2) is 97.1 Å². The van der Waals surface area contributed by atoms with Crippen LogP contribution in [0.4, 0.5) is 17.1 Å². The van der Waals surface area contributed by atoms with Gasteiger partial charge in [-0.25, -0.2) is 8.42 Å². The molecule has 6 rings (SSSR count). The molecule has 2 aliphatic heterocycles. The summed E-state index contributed by atoms with van der Waals surface area (Å²) in [4.78, 5) is 42.3. The Balaban J connectivity index is 1.15. The summed E-state index contributed by atoms with van der Waals surface area (Å²) in [5.41, 5.74) is 3.63. The number of anilines is 2. The van der Waals surface area contributed by atoms with Crippen LogP contribution >= 0.6 is 11.6 Å². The van der Waals surface area contributed by atoms with E-state index in [0.29, 0.717) is 49.1 Å². The van der Waals surface area contributed by atoms with Gasteiger partial charge in [-0.2, -0.15) is 0 Å². The fraction of sp³-hybridized carbons (Fsp3) is 0.278. The van der Waals surface area contributed by atoms with Gasteiger partial charge in [0, 0.05) is 55.8 Å². The minimum Gasteiger partial charge on any atom is -0.366 e. The molecule has 0 saturated carbocycles. The smallest absolute Gasteiger partial charge is 0.273 e. The third-order valence-electron chi connectivity index (χ3n) is 8.97. The molecule has 2 atom stereocenters. The van der Waals surface area contributed by atoms with Crippen molar-refractivity contribution in [3.8, 4) is 0 Å². The second-order valence-electron chi connectivity index (χ2n) is 12.3. The van der Waals surface area contributed by atoms with Crippen LogP contribution in [0, 0.1) is 10.1 Å². The van der Waals surface area contributed by atoms with Gasteiger partial charge < -0.3 is 20.4 Å². The van der Waals surface area contributed by atoms with E-state index < -0.39 is 32.8 Å². The molecule has 50 heavy (non-hydrogen) atoms. The Kier molecular flexibility index (Phi) is 10.7. The second kappa shape index (κ2) is 15.3. The average Bonchev–Trinajstić information content (AvgIpc) is 3.11. The predicted octanol–water partition coefficient (Wildman–Crippen LogP) is 4.45. The number of para-hydroxylation sites is 3. The number of benzene rings is 4. The van der Waals surface area contributed by atoms with Crippen LogP contribution in [-0.4, -0.2) is 68.8 Å². The summed E-state index contributed by atoms with van der Waals surface area (Å²) >= 11 is 6.11. The lowest BCUT2D eigenvalue weighted by Crippen LogP contribution is -2.57. The summed E-state index contributed by atoms with van der Waals surface area (Å²) in [5.74, 6) is -1.05. The number of rotatable bonds is 11. The predicted molar refractivity (Wildman–Crippen MR) is 193 cm³/mol. The van der Waals surface area contributed by atoms with Crippen LogP contribution in [0.2, 0.25) is 5.02 Å². The molecular formula is C36H37ClN6O6S. The maximum Gasteiger partial charge on any atom is 0.273 e. The fourth-order valence-electron chi connectivity index (χ4n) is 6.49. The van der Waals surface area contributed by atoms with E-state index in [4.69, 9.17) is 11.6 Å². The summed E-state index contributed by atoms with van der Waals surface area (Å²) in [6.45, 7) is 2.15. The molecule has 2 amide bonds. The Hall–Kier alpha value is -4.98. The molecular weight excluding hydrogens is 680 g/mol. The third-order valence-corrected chi connectivity index (χ3v) is 10.4. The number of carbonyl (C=O) groups is 2. The molecule has 260 valence electrons. The highest BCUT2D eigenvalue weighted by molar-refractivity contribution is 7.91. The number of amides is 2. The number of nitrogens with zero attached hydrogens (tertiary/aromatic N) is 3.